The van der Waals surface area contributed by atoms with Crippen LogP contribution in [0.25, 0.3) is 0 Å². The second kappa shape index (κ2) is 8.03. The predicted molar refractivity (Wildman–Crippen MR) is 111 cm³/mol. The summed E-state index contributed by atoms with van der Waals surface area (Å²) in [5.41, 5.74) is 1.77. The van der Waals surface area contributed by atoms with Gasteiger partial charge in [0.15, 0.2) is 11.6 Å². The number of nitrogens with zero attached hydrogens (tertiary/aromatic N) is 1. The molecule has 0 radical (unpaired) electrons. The summed E-state index contributed by atoms with van der Waals surface area (Å²) in [6.07, 6.45) is 0.484. The number of halogens is 2. The van der Waals surface area contributed by atoms with Crippen LogP contribution in [0.2, 0.25) is 0 Å². The number of sulfonamides is 2. The van der Waals surface area contributed by atoms with E-state index in [9.17, 15) is 25.6 Å². The summed E-state index contributed by atoms with van der Waals surface area (Å²) >= 11 is 0. The lowest BCUT2D eigenvalue weighted by atomic mass is 10.0. The first kappa shape index (κ1) is 21.4. The van der Waals surface area contributed by atoms with E-state index >= 15 is 0 Å². The normalized spacial score (nSPS) is 14.8. The second-order valence-corrected chi connectivity index (χ2v) is 10.7. The summed E-state index contributed by atoms with van der Waals surface area (Å²) in [6.45, 7) is 0.400. The average Bonchev–Trinajstić information content (AvgIpc) is 2.75. The summed E-state index contributed by atoms with van der Waals surface area (Å²) in [5, 5.41) is 0. The molecule has 162 valence electrons. The molecule has 3 aromatic carbocycles. The number of benzene rings is 3. The molecule has 0 aromatic heterocycles. The first-order chi connectivity index (χ1) is 14.7. The molecule has 0 amide bonds. The Labute approximate surface area is 179 Å². The summed E-state index contributed by atoms with van der Waals surface area (Å²) < 4.78 is 81.1. The van der Waals surface area contributed by atoms with Gasteiger partial charge < -0.3 is 0 Å². The predicted octanol–water partition coefficient (Wildman–Crippen LogP) is 3.51. The molecule has 1 heterocycles. The van der Waals surface area contributed by atoms with Gasteiger partial charge >= 0.3 is 0 Å². The average molecular weight is 465 g/mol. The fourth-order valence-electron chi connectivity index (χ4n) is 3.40. The summed E-state index contributed by atoms with van der Waals surface area (Å²) in [6, 6.07) is 15.2. The van der Waals surface area contributed by atoms with Gasteiger partial charge in [-0.15, -0.1) is 0 Å². The number of hydrogen-bond donors (Lipinski definition) is 1. The molecule has 1 N–H and O–H groups in total. The zero-order valence-electron chi connectivity index (χ0n) is 16.1. The third kappa shape index (κ3) is 4.32. The Morgan fingerprint density at radius 2 is 1.52 bits per heavy atom. The van der Waals surface area contributed by atoms with Gasteiger partial charge in [0, 0.05) is 18.8 Å². The third-order valence-electron chi connectivity index (χ3n) is 5.02. The Kier molecular flexibility index (Phi) is 5.54. The molecule has 0 saturated carbocycles. The lowest BCUT2D eigenvalue weighted by Crippen LogP contribution is -2.36. The van der Waals surface area contributed by atoms with Crippen LogP contribution in [0.3, 0.4) is 0 Å². The zero-order chi connectivity index (χ0) is 22.2. The van der Waals surface area contributed by atoms with Crippen molar-refractivity contribution < 1.29 is 25.6 Å². The van der Waals surface area contributed by atoms with Crippen LogP contribution in [0.1, 0.15) is 11.1 Å². The highest BCUT2D eigenvalue weighted by atomic mass is 32.2. The first-order valence-corrected chi connectivity index (χ1v) is 12.2. The van der Waals surface area contributed by atoms with Gasteiger partial charge in [-0.1, -0.05) is 24.3 Å². The summed E-state index contributed by atoms with van der Waals surface area (Å²) in [5.74, 6) is -2.41. The highest BCUT2D eigenvalue weighted by molar-refractivity contribution is 7.92. The Bertz CT molecular complexity index is 1350. The summed E-state index contributed by atoms with van der Waals surface area (Å²) in [4.78, 5) is -0.231. The molecule has 1 aliphatic heterocycles. The van der Waals surface area contributed by atoms with Gasteiger partial charge in [-0.05, 0) is 60.0 Å². The van der Waals surface area contributed by atoms with Crippen LogP contribution in [0.15, 0.2) is 76.5 Å². The molecule has 0 atom stereocenters. The Hall–Kier alpha value is -2.82. The second-order valence-electron chi connectivity index (χ2n) is 7.07. The highest BCUT2D eigenvalue weighted by Crippen LogP contribution is 2.28. The first-order valence-electron chi connectivity index (χ1n) is 9.32. The smallest absolute Gasteiger partial charge is 0.261 e. The van der Waals surface area contributed by atoms with Gasteiger partial charge in [-0.3, -0.25) is 4.72 Å². The SMILES string of the molecule is O=S(=O)(Nc1ccc2c(c1)CN(S(=O)(=O)c1ccccc1)CC2)c1ccc(F)c(F)c1. The molecule has 0 spiro atoms. The van der Waals surface area contributed by atoms with E-state index in [1.54, 1.807) is 36.4 Å². The van der Waals surface area contributed by atoms with Crippen LogP contribution in [0.4, 0.5) is 14.5 Å². The molecular formula is C21H18F2N2O4S2. The van der Waals surface area contributed by atoms with Crippen LogP contribution in [-0.2, 0) is 33.0 Å². The molecule has 0 fully saturated rings. The quantitative estimate of drug-likeness (QED) is 0.626. The van der Waals surface area contributed by atoms with Crippen molar-refractivity contribution in [2.45, 2.75) is 22.8 Å². The van der Waals surface area contributed by atoms with Crippen LogP contribution in [0.5, 0.6) is 0 Å². The van der Waals surface area contributed by atoms with Crippen molar-refractivity contribution in [3.8, 4) is 0 Å². The van der Waals surface area contributed by atoms with Gasteiger partial charge in [0.2, 0.25) is 10.0 Å². The molecule has 3 aromatic rings. The van der Waals surface area contributed by atoms with Crippen molar-refractivity contribution in [3.05, 3.63) is 89.5 Å². The number of hydrogen-bond acceptors (Lipinski definition) is 4. The molecule has 4 rings (SSSR count). The largest absolute Gasteiger partial charge is 0.280 e. The molecule has 1 aliphatic rings. The number of anilines is 1. The van der Waals surface area contributed by atoms with E-state index in [1.165, 1.54) is 16.4 Å². The lowest BCUT2D eigenvalue weighted by molar-refractivity contribution is 0.391. The van der Waals surface area contributed by atoms with Gasteiger partial charge in [-0.2, -0.15) is 4.31 Å². The maximum Gasteiger partial charge on any atom is 0.261 e. The molecular weight excluding hydrogens is 446 g/mol. The van der Waals surface area contributed by atoms with Crippen molar-refractivity contribution in [3.63, 3.8) is 0 Å². The number of rotatable bonds is 5. The minimum absolute atomic E-state index is 0.0906. The maximum absolute atomic E-state index is 13.4. The van der Waals surface area contributed by atoms with E-state index in [2.05, 4.69) is 4.72 Å². The van der Waals surface area contributed by atoms with Crippen LogP contribution in [-0.4, -0.2) is 27.7 Å². The van der Waals surface area contributed by atoms with E-state index in [0.717, 1.165) is 17.7 Å². The molecule has 0 bridgehead atoms. The van der Waals surface area contributed by atoms with Crippen LogP contribution in [0, 0.1) is 11.6 Å². The zero-order valence-corrected chi connectivity index (χ0v) is 17.8. The molecule has 10 heteroatoms. The number of nitrogens with one attached hydrogen (secondary N) is 1. The van der Waals surface area contributed by atoms with Crippen molar-refractivity contribution in [2.75, 3.05) is 11.3 Å². The van der Waals surface area contributed by atoms with Crippen molar-refractivity contribution >= 4 is 25.7 Å². The third-order valence-corrected chi connectivity index (χ3v) is 8.26. The molecule has 0 saturated heterocycles. The van der Waals surface area contributed by atoms with E-state index in [4.69, 9.17) is 0 Å². The fraction of sp³-hybridized carbons (Fsp3) is 0.143. The van der Waals surface area contributed by atoms with E-state index in [-0.39, 0.29) is 17.1 Å². The molecule has 0 unspecified atom stereocenters. The summed E-state index contributed by atoms with van der Waals surface area (Å²) in [7, 11) is -7.84. The van der Waals surface area contributed by atoms with Crippen molar-refractivity contribution in [1.82, 2.24) is 4.31 Å². The molecule has 0 aliphatic carbocycles. The Morgan fingerprint density at radius 1 is 0.774 bits per heavy atom. The van der Waals surface area contributed by atoms with Crippen LogP contribution < -0.4 is 4.72 Å². The van der Waals surface area contributed by atoms with E-state index in [0.29, 0.717) is 24.6 Å². The van der Waals surface area contributed by atoms with Gasteiger partial charge in [0.25, 0.3) is 10.0 Å². The molecule has 31 heavy (non-hydrogen) atoms. The van der Waals surface area contributed by atoms with Gasteiger partial charge in [0.05, 0.1) is 9.79 Å². The van der Waals surface area contributed by atoms with Crippen molar-refractivity contribution in [2.24, 2.45) is 0 Å². The van der Waals surface area contributed by atoms with Gasteiger partial charge in [0.1, 0.15) is 0 Å². The fourth-order valence-corrected chi connectivity index (χ4v) is 5.90. The minimum atomic E-state index is -4.15. The van der Waals surface area contributed by atoms with E-state index < -0.39 is 36.6 Å². The Morgan fingerprint density at radius 3 is 2.23 bits per heavy atom. The van der Waals surface area contributed by atoms with E-state index in [1.807, 2.05) is 0 Å². The number of fused-ring (bicyclic) bond motifs is 1. The standard InChI is InChI=1S/C21H18F2N2O4S2/c22-20-9-8-19(13-21(20)23)30(26,27)24-17-7-6-15-10-11-25(14-16(15)12-17)31(28,29)18-4-2-1-3-5-18/h1-9,12-13,24H,10-11,14H2. The highest BCUT2D eigenvalue weighted by Gasteiger charge is 2.28. The monoisotopic (exact) mass is 464 g/mol. The van der Waals surface area contributed by atoms with Crippen LogP contribution >= 0.6 is 0 Å². The van der Waals surface area contributed by atoms with Gasteiger partial charge in [-0.25, -0.2) is 25.6 Å². The molecule has 6 nitrogen and oxygen atoms in total. The maximum atomic E-state index is 13.4. The minimum Gasteiger partial charge on any atom is -0.280 e. The topological polar surface area (TPSA) is 83.6 Å². The lowest BCUT2D eigenvalue weighted by Gasteiger charge is -2.28. The van der Waals surface area contributed by atoms with Crippen molar-refractivity contribution in [1.29, 1.82) is 0 Å². The Balaban J connectivity index is 1.59.